The van der Waals surface area contributed by atoms with E-state index < -0.39 is 0 Å². The second kappa shape index (κ2) is 4.90. The van der Waals surface area contributed by atoms with Gasteiger partial charge in [0.25, 0.3) is 5.91 Å². The SMILES string of the molecule is Cc1cnc(C(=O)NCC(=O)NC2CC2)cn1. The molecule has 1 heterocycles. The third kappa shape index (κ3) is 3.51. The largest absolute Gasteiger partial charge is 0.352 e. The van der Waals surface area contributed by atoms with Gasteiger partial charge in [0.2, 0.25) is 5.91 Å². The minimum Gasteiger partial charge on any atom is -0.352 e. The molecule has 0 radical (unpaired) electrons. The average molecular weight is 234 g/mol. The molecular weight excluding hydrogens is 220 g/mol. The van der Waals surface area contributed by atoms with E-state index in [1.165, 1.54) is 12.4 Å². The molecule has 6 heteroatoms. The van der Waals surface area contributed by atoms with E-state index in [0.29, 0.717) is 6.04 Å². The van der Waals surface area contributed by atoms with Crippen molar-refractivity contribution in [2.45, 2.75) is 25.8 Å². The van der Waals surface area contributed by atoms with Crippen LogP contribution in [0.5, 0.6) is 0 Å². The molecule has 0 saturated heterocycles. The number of hydrogen-bond acceptors (Lipinski definition) is 4. The summed E-state index contributed by atoms with van der Waals surface area (Å²) in [7, 11) is 0. The monoisotopic (exact) mass is 234 g/mol. The van der Waals surface area contributed by atoms with E-state index >= 15 is 0 Å². The average Bonchev–Trinajstić information content (AvgIpc) is 3.11. The molecule has 0 atom stereocenters. The highest BCUT2D eigenvalue weighted by Crippen LogP contribution is 2.18. The van der Waals surface area contributed by atoms with Crippen LogP contribution in [0, 0.1) is 6.92 Å². The highest BCUT2D eigenvalue weighted by Gasteiger charge is 2.23. The lowest BCUT2D eigenvalue weighted by molar-refractivity contribution is -0.120. The van der Waals surface area contributed by atoms with Crippen molar-refractivity contribution in [2.75, 3.05) is 6.54 Å². The van der Waals surface area contributed by atoms with Gasteiger partial charge in [0.1, 0.15) is 5.69 Å². The minimum atomic E-state index is -0.386. The van der Waals surface area contributed by atoms with Gasteiger partial charge >= 0.3 is 0 Å². The molecule has 0 aromatic carbocycles. The van der Waals surface area contributed by atoms with E-state index in [-0.39, 0.29) is 24.1 Å². The second-order valence-electron chi connectivity index (χ2n) is 4.07. The zero-order valence-electron chi connectivity index (χ0n) is 9.56. The number of nitrogens with zero attached hydrogens (tertiary/aromatic N) is 2. The van der Waals surface area contributed by atoms with Gasteiger partial charge in [0.05, 0.1) is 18.4 Å². The van der Waals surface area contributed by atoms with Gasteiger partial charge in [-0.15, -0.1) is 0 Å². The Morgan fingerprint density at radius 3 is 2.71 bits per heavy atom. The number of amides is 2. The van der Waals surface area contributed by atoms with E-state index in [2.05, 4.69) is 20.6 Å². The molecule has 17 heavy (non-hydrogen) atoms. The number of carbonyl (C=O) groups excluding carboxylic acids is 2. The Labute approximate surface area is 98.8 Å². The molecule has 1 aromatic rings. The van der Waals surface area contributed by atoms with Crippen molar-refractivity contribution in [3.8, 4) is 0 Å². The van der Waals surface area contributed by atoms with Gasteiger partial charge in [-0.1, -0.05) is 0 Å². The van der Waals surface area contributed by atoms with E-state index in [9.17, 15) is 9.59 Å². The lowest BCUT2D eigenvalue weighted by Crippen LogP contribution is -2.38. The Hall–Kier alpha value is -1.98. The number of hydrogen-bond donors (Lipinski definition) is 2. The Kier molecular flexibility index (Phi) is 3.32. The van der Waals surface area contributed by atoms with Crippen molar-refractivity contribution in [3.05, 3.63) is 23.8 Å². The number of aromatic nitrogens is 2. The summed E-state index contributed by atoms with van der Waals surface area (Å²) in [6, 6.07) is 0.304. The fourth-order valence-electron chi connectivity index (χ4n) is 1.27. The van der Waals surface area contributed by atoms with Crippen LogP contribution < -0.4 is 10.6 Å². The molecule has 2 amide bonds. The first kappa shape index (κ1) is 11.5. The summed E-state index contributed by atoms with van der Waals surface area (Å²) in [4.78, 5) is 30.8. The Balaban J connectivity index is 1.79. The molecule has 2 rings (SSSR count). The summed E-state index contributed by atoms with van der Waals surface area (Å²) < 4.78 is 0. The van der Waals surface area contributed by atoms with Crippen LogP contribution in [0.15, 0.2) is 12.4 Å². The van der Waals surface area contributed by atoms with Gasteiger partial charge < -0.3 is 10.6 Å². The first-order valence-corrected chi connectivity index (χ1v) is 5.51. The number of rotatable bonds is 4. The van der Waals surface area contributed by atoms with E-state index in [1.54, 1.807) is 6.92 Å². The summed E-state index contributed by atoms with van der Waals surface area (Å²) in [5.41, 5.74) is 0.961. The van der Waals surface area contributed by atoms with Gasteiger partial charge in [-0.3, -0.25) is 14.6 Å². The Morgan fingerprint density at radius 2 is 2.12 bits per heavy atom. The van der Waals surface area contributed by atoms with Crippen LogP contribution in [0.25, 0.3) is 0 Å². The number of carbonyl (C=O) groups is 2. The van der Waals surface area contributed by atoms with Crippen molar-refractivity contribution < 1.29 is 9.59 Å². The molecule has 1 aliphatic carbocycles. The number of nitrogens with one attached hydrogen (secondary N) is 2. The van der Waals surface area contributed by atoms with E-state index in [0.717, 1.165) is 18.5 Å². The van der Waals surface area contributed by atoms with Crippen molar-refractivity contribution >= 4 is 11.8 Å². The normalized spacial score (nSPS) is 14.2. The van der Waals surface area contributed by atoms with E-state index in [4.69, 9.17) is 0 Å². The second-order valence-corrected chi connectivity index (χ2v) is 4.07. The predicted octanol–water partition coefficient (Wildman–Crippen LogP) is -0.207. The maximum Gasteiger partial charge on any atom is 0.271 e. The Bertz CT molecular complexity index is 426. The third-order valence-electron chi connectivity index (χ3n) is 2.37. The highest BCUT2D eigenvalue weighted by atomic mass is 16.2. The maximum atomic E-state index is 11.6. The zero-order valence-corrected chi connectivity index (χ0v) is 9.56. The number of aryl methyl sites for hydroxylation is 1. The van der Waals surface area contributed by atoms with Crippen molar-refractivity contribution in [1.29, 1.82) is 0 Å². The fraction of sp³-hybridized carbons (Fsp3) is 0.455. The van der Waals surface area contributed by atoms with Crippen molar-refractivity contribution in [2.24, 2.45) is 0 Å². The first-order valence-electron chi connectivity index (χ1n) is 5.51. The highest BCUT2D eigenvalue weighted by molar-refractivity contribution is 5.94. The quantitative estimate of drug-likeness (QED) is 0.755. The molecule has 1 aliphatic rings. The van der Waals surface area contributed by atoms with Crippen LogP contribution in [0.2, 0.25) is 0 Å². The van der Waals surface area contributed by atoms with Gasteiger partial charge in [-0.2, -0.15) is 0 Å². The predicted molar refractivity (Wildman–Crippen MR) is 60.3 cm³/mol. The van der Waals surface area contributed by atoms with Crippen molar-refractivity contribution in [3.63, 3.8) is 0 Å². The molecule has 0 unspecified atom stereocenters. The van der Waals surface area contributed by atoms with Crippen LogP contribution in [-0.2, 0) is 4.79 Å². The van der Waals surface area contributed by atoms with E-state index in [1.807, 2.05) is 0 Å². The molecule has 90 valence electrons. The molecule has 0 spiro atoms. The van der Waals surface area contributed by atoms with Gasteiger partial charge in [-0.25, -0.2) is 4.98 Å². The standard InChI is InChI=1S/C11H14N4O2/c1-7-4-13-9(5-12-7)11(17)14-6-10(16)15-8-2-3-8/h4-5,8H,2-3,6H2,1H3,(H,14,17)(H,15,16). The van der Waals surface area contributed by atoms with Crippen LogP contribution in [0.1, 0.15) is 29.0 Å². The minimum absolute atomic E-state index is 0.0229. The summed E-state index contributed by atoms with van der Waals surface area (Å²) in [5, 5.41) is 5.28. The van der Waals surface area contributed by atoms with Gasteiger partial charge in [-0.05, 0) is 19.8 Å². The smallest absolute Gasteiger partial charge is 0.271 e. The molecular formula is C11H14N4O2. The van der Waals surface area contributed by atoms with Gasteiger partial charge in [0.15, 0.2) is 0 Å². The zero-order chi connectivity index (χ0) is 12.3. The summed E-state index contributed by atoms with van der Waals surface area (Å²) in [6.07, 6.45) is 4.97. The molecule has 2 N–H and O–H groups in total. The first-order chi connectivity index (χ1) is 8.15. The molecule has 1 saturated carbocycles. The lowest BCUT2D eigenvalue weighted by Gasteiger charge is -2.05. The maximum absolute atomic E-state index is 11.6. The van der Waals surface area contributed by atoms with Gasteiger partial charge in [0, 0.05) is 12.2 Å². The van der Waals surface area contributed by atoms with Crippen LogP contribution >= 0.6 is 0 Å². The third-order valence-corrected chi connectivity index (χ3v) is 2.37. The fourth-order valence-corrected chi connectivity index (χ4v) is 1.27. The molecule has 0 bridgehead atoms. The molecule has 1 aromatic heterocycles. The summed E-state index contributed by atoms with van der Waals surface area (Å²) in [5.74, 6) is -0.552. The Morgan fingerprint density at radius 1 is 1.35 bits per heavy atom. The summed E-state index contributed by atoms with van der Waals surface area (Å²) >= 11 is 0. The van der Waals surface area contributed by atoms with Crippen molar-refractivity contribution in [1.82, 2.24) is 20.6 Å². The molecule has 6 nitrogen and oxygen atoms in total. The topological polar surface area (TPSA) is 84.0 Å². The van der Waals surface area contributed by atoms with Crippen LogP contribution in [0.3, 0.4) is 0 Å². The van der Waals surface area contributed by atoms with Crippen LogP contribution in [0.4, 0.5) is 0 Å². The molecule has 1 fully saturated rings. The lowest BCUT2D eigenvalue weighted by atomic mass is 10.4. The van der Waals surface area contributed by atoms with Crippen LogP contribution in [-0.4, -0.2) is 34.4 Å². The molecule has 0 aliphatic heterocycles. The summed E-state index contributed by atoms with van der Waals surface area (Å²) in [6.45, 7) is 1.77.